The number of rotatable bonds is 3. The van der Waals surface area contributed by atoms with Gasteiger partial charge in [-0.05, 0) is 40.5 Å². The maximum Gasteiger partial charge on any atom is 0.328 e. The summed E-state index contributed by atoms with van der Waals surface area (Å²) in [7, 11) is 0. The molecule has 3 rings (SSSR count). The van der Waals surface area contributed by atoms with E-state index in [1.165, 1.54) is 0 Å². The average molecular weight is 347 g/mol. The van der Waals surface area contributed by atoms with Gasteiger partial charge in [0.25, 0.3) is 0 Å². The molecule has 0 aliphatic rings. The number of ether oxygens (including phenoxy) is 1. The molecule has 2 aromatic heterocycles. The Labute approximate surface area is 129 Å². The topological polar surface area (TPSA) is 91.7 Å². The standard InChI is InChI=1S/C13H11BrN6O/c1-8-2-3-10(9(14)6-8)21-13-18-11(15)17-12(19-13)20-5-4-16-7-20/h2-7H,1H3,(H2,15,17,18,19). The quantitative estimate of drug-likeness (QED) is 0.783. The molecule has 0 radical (unpaired) electrons. The lowest BCUT2D eigenvalue weighted by molar-refractivity contribution is 0.436. The Bertz CT molecular complexity index is 774. The van der Waals surface area contributed by atoms with Crippen molar-refractivity contribution < 1.29 is 4.74 Å². The second-order valence-electron chi connectivity index (χ2n) is 4.28. The van der Waals surface area contributed by atoms with E-state index in [1.54, 1.807) is 23.3 Å². The van der Waals surface area contributed by atoms with Crippen molar-refractivity contribution >= 4 is 21.9 Å². The number of imidazole rings is 1. The molecule has 1 aromatic carbocycles. The molecule has 21 heavy (non-hydrogen) atoms. The number of nitrogens with zero attached hydrogens (tertiary/aromatic N) is 5. The summed E-state index contributed by atoms with van der Waals surface area (Å²) in [6.45, 7) is 1.99. The van der Waals surface area contributed by atoms with Crippen LogP contribution in [0.25, 0.3) is 5.95 Å². The number of hydrogen-bond acceptors (Lipinski definition) is 6. The smallest absolute Gasteiger partial charge is 0.328 e. The Hall–Kier alpha value is -2.48. The van der Waals surface area contributed by atoms with Gasteiger partial charge < -0.3 is 10.5 Å². The molecule has 0 unspecified atom stereocenters. The molecule has 2 N–H and O–H groups in total. The van der Waals surface area contributed by atoms with E-state index >= 15 is 0 Å². The number of aromatic nitrogens is 5. The van der Waals surface area contributed by atoms with Crippen molar-refractivity contribution in [1.82, 2.24) is 24.5 Å². The second-order valence-corrected chi connectivity index (χ2v) is 5.14. The number of nitrogens with two attached hydrogens (primary N) is 1. The van der Waals surface area contributed by atoms with Gasteiger partial charge in [0.1, 0.15) is 12.1 Å². The summed E-state index contributed by atoms with van der Waals surface area (Å²) in [6.07, 6.45) is 4.90. The SMILES string of the molecule is Cc1ccc(Oc2nc(N)nc(-n3ccnc3)n2)c(Br)c1. The van der Waals surface area contributed by atoms with E-state index in [0.29, 0.717) is 11.7 Å². The normalized spacial score (nSPS) is 10.6. The summed E-state index contributed by atoms with van der Waals surface area (Å²) in [6, 6.07) is 5.82. The van der Waals surface area contributed by atoms with Crippen molar-refractivity contribution in [2.24, 2.45) is 0 Å². The van der Waals surface area contributed by atoms with E-state index in [0.717, 1.165) is 10.0 Å². The minimum absolute atomic E-state index is 0.0759. The average Bonchev–Trinajstić information content (AvgIpc) is 2.95. The van der Waals surface area contributed by atoms with E-state index in [9.17, 15) is 0 Å². The van der Waals surface area contributed by atoms with Crippen LogP contribution in [0.5, 0.6) is 11.8 Å². The highest BCUT2D eigenvalue weighted by molar-refractivity contribution is 9.10. The molecule has 0 saturated carbocycles. The van der Waals surface area contributed by atoms with Gasteiger partial charge in [0.15, 0.2) is 0 Å². The summed E-state index contributed by atoms with van der Waals surface area (Å²) in [5.41, 5.74) is 6.81. The highest BCUT2D eigenvalue weighted by Crippen LogP contribution is 2.29. The van der Waals surface area contributed by atoms with Gasteiger partial charge in [-0.3, -0.25) is 4.57 Å². The Kier molecular flexibility index (Phi) is 3.53. The van der Waals surface area contributed by atoms with Crippen LogP contribution in [0.1, 0.15) is 5.56 Å². The predicted octanol–water partition coefficient (Wildman–Crippen LogP) is 2.50. The van der Waals surface area contributed by atoms with Crippen LogP contribution in [0, 0.1) is 6.92 Å². The van der Waals surface area contributed by atoms with E-state index in [1.807, 2.05) is 25.1 Å². The van der Waals surface area contributed by atoms with Crippen molar-refractivity contribution in [3.63, 3.8) is 0 Å². The number of benzene rings is 1. The zero-order valence-corrected chi connectivity index (χ0v) is 12.6. The molecular weight excluding hydrogens is 336 g/mol. The second kappa shape index (κ2) is 5.49. The number of hydrogen-bond donors (Lipinski definition) is 1. The van der Waals surface area contributed by atoms with E-state index in [4.69, 9.17) is 10.5 Å². The number of nitrogen functional groups attached to an aromatic ring is 1. The summed E-state index contributed by atoms with van der Waals surface area (Å²) >= 11 is 3.44. The molecule has 0 amide bonds. The van der Waals surface area contributed by atoms with E-state index in [2.05, 4.69) is 35.9 Å². The summed E-state index contributed by atoms with van der Waals surface area (Å²) in [5, 5.41) is 0. The third-order valence-corrected chi connectivity index (χ3v) is 3.26. The van der Waals surface area contributed by atoms with Gasteiger partial charge in [-0.1, -0.05) is 6.07 Å². The lowest BCUT2D eigenvalue weighted by atomic mass is 10.2. The fourth-order valence-electron chi connectivity index (χ4n) is 1.69. The molecule has 0 bridgehead atoms. The van der Waals surface area contributed by atoms with Crippen molar-refractivity contribution in [3.8, 4) is 17.7 Å². The van der Waals surface area contributed by atoms with Crippen LogP contribution in [0.3, 0.4) is 0 Å². The fraction of sp³-hybridized carbons (Fsp3) is 0.0769. The van der Waals surface area contributed by atoms with Crippen molar-refractivity contribution in [3.05, 3.63) is 47.0 Å². The van der Waals surface area contributed by atoms with Gasteiger partial charge >= 0.3 is 6.01 Å². The van der Waals surface area contributed by atoms with E-state index in [-0.39, 0.29) is 12.0 Å². The summed E-state index contributed by atoms with van der Waals surface area (Å²) in [5.74, 6) is 1.02. The first-order valence-electron chi connectivity index (χ1n) is 6.06. The maximum atomic E-state index is 5.69. The van der Waals surface area contributed by atoms with Crippen LogP contribution in [-0.4, -0.2) is 24.5 Å². The zero-order chi connectivity index (χ0) is 14.8. The lowest BCUT2D eigenvalue weighted by Gasteiger charge is -2.08. The first kappa shape index (κ1) is 13.5. The molecule has 0 atom stereocenters. The highest BCUT2D eigenvalue weighted by atomic mass is 79.9. The Morgan fingerprint density at radius 3 is 2.81 bits per heavy atom. The first-order chi connectivity index (χ1) is 10.1. The summed E-state index contributed by atoms with van der Waals surface area (Å²) in [4.78, 5) is 16.2. The number of halogens is 1. The molecule has 0 aliphatic heterocycles. The third-order valence-electron chi connectivity index (χ3n) is 2.64. The molecule has 106 valence electrons. The van der Waals surface area contributed by atoms with E-state index < -0.39 is 0 Å². The highest BCUT2D eigenvalue weighted by Gasteiger charge is 2.10. The van der Waals surface area contributed by atoms with Gasteiger partial charge in [0.05, 0.1) is 4.47 Å². The van der Waals surface area contributed by atoms with Crippen molar-refractivity contribution in [2.45, 2.75) is 6.92 Å². The molecular formula is C13H11BrN6O. The first-order valence-corrected chi connectivity index (χ1v) is 6.85. The molecule has 0 fully saturated rings. The third kappa shape index (κ3) is 3.00. The Morgan fingerprint density at radius 1 is 1.24 bits per heavy atom. The van der Waals surface area contributed by atoms with Crippen LogP contribution in [0.2, 0.25) is 0 Å². The van der Waals surface area contributed by atoms with Crippen LogP contribution >= 0.6 is 15.9 Å². The Morgan fingerprint density at radius 2 is 2.10 bits per heavy atom. The van der Waals surface area contributed by atoms with Gasteiger partial charge in [-0.15, -0.1) is 0 Å². The van der Waals surface area contributed by atoms with Gasteiger partial charge in [0, 0.05) is 12.4 Å². The minimum atomic E-state index is 0.0759. The monoisotopic (exact) mass is 346 g/mol. The van der Waals surface area contributed by atoms with Crippen molar-refractivity contribution in [1.29, 1.82) is 0 Å². The predicted molar refractivity (Wildman–Crippen MR) is 80.3 cm³/mol. The molecule has 7 nitrogen and oxygen atoms in total. The molecule has 2 heterocycles. The summed E-state index contributed by atoms with van der Waals surface area (Å²) < 4.78 is 8.09. The molecule has 3 aromatic rings. The zero-order valence-electron chi connectivity index (χ0n) is 11.1. The van der Waals surface area contributed by atoms with Gasteiger partial charge in [0.2, 0.25) is 11.9 Å². The van der Waals surface area contributed by atoms with Crippen LogP contribution in [0.4, 0.5) is 5.95 Å². The molecule has 0 saturated heterocycles. The number of anilines is 1. The largest absolute Gasteiger partial charge is 0.423 e. The Balaban J connectivity index is 1.95. The molecule has 0 aliphatic carbocycles. The number of aryl methyl sites for hydroxylation is 1. The molecule has 0 spiro atoms. The van der Waals surface area contributed by atoms with Crippen molar-refractivity contribution in [2.75, 3.05) is 5.73 Å². The van der Waals surface area contributed by atoms with Gasteiger partial charge in [-0.25, -0.2) is 4.98 Å². The fourth-order valence-corrected chi connectivity index (χ4v) is 2.26. The maximum absolute atomic E-state index is 5.69. The van der Waals surface area contributed by atoms with Crippen LogP contribution < -0.4 is 10.5 Å². The minimum Gasteiger partial charge on any atom is -0.423 e. The molecule has 8 heteroatoms. The van der Waals surface area contributed by atoms with Crippen LogP contribution in [0.15, 0.2) is 41.4 Å². The van der Waals surface area contributed by atoms with Crippen LogP contribution in [-0.2, 0) is 0 Å². The lowest BCUT2D eigenvalue weighted by Crippen LogP contribution is -2.06. The van der Waals surface area contributed by atoms with Gasteiger partial charge in [-0.2, -0.15) is 15.0 Å².